The number of benzene rings is 2. The van der Waals surface area contributed by atoms with Crippen LogP contribution in [0.15, 0.2) is 48.5 Å². The van der Waals surface area contributed by atoms with Crippen molar-refractivity contribution in [3.05, 3.63) is 65.2 Å². The number of phenolic OH excluding ortho intramolecular Hbond substituents is 1. The number of rotatable bonds is 11. The number of carbonyl (C=O) groups excluding carboxylic acids is 3. The third kappa shape index (κ3) is 9.12. The fraction of sp³-hybridized carbons (Fsp3) is 0.483. The molecule has 0 aliphatic rings. The lowest BCUT2D eigenvalue weighted by Crippen LogP contribution is -2.52. The van der Waals surface area contributed by atoms with Crippen LogP contribution >= 0.6 is 0 Å². The molecule has 3 amide bonds. The van der Waals surface area contributed by atoms with Gasteiger partial charge in [0.15, 0.2) is 0 Å². The molecule has 0 heterocycles. The first-order chi connectivity index (χ1) is 17.4. The van der Waals surface area contributed by atoms with Crippen molar-refractivity contribution in [2.75, 3.05) is 13.6 Å². The zero-order chi connectivity index (χ0) is 27.6. The largest absolute Gasteiger partial charge is 0.507 e. The average Bonchev–Trinajstić information content (AvgIpc) is 2.83. The van der Waals surface area contributed by atoms with E-state index in [9.17, 15) is 19.5 Å². The van der Waals surface area contributed by atoms with Crippen molar-refractivity contribution in [2.45, 2.75) is 78.0 Å². The third-order valence-corrected chi connectivity index (χ3v) is 5.90. The molecule has 8 heteroatoms. The molecule has 0 aromatic heterocycles. The molecule has 2 aromatic carbocycles. The van der Waals surface area contributed by atoms with E-state index in [1.807, 2.05) is 30.3 Å². The maximum Gasteiger partial charge on any atom is 0.408 e. The van der Waals surface area contributed by atoms with Crippen LogP contribution < -0.4 is 10.6 Å². The number of nitrogens with one attached hydrogen (secondary N) is 2. The molecular weight excluding hydrogens is 470 g/mol. The number of ether oxygens (including phenoxy) is 1. The molecule has 2 atom stereocenters. The summed E-state index contributed by atoms with van der Waals surface area (Å²) in [4.78, 5) is 41.1. The molecule has 0 fully saturated rings. The first-order valence-electron chi connectivity index (χ1n) is 12.8. The highest BCUT2D eigenvalue weighted by molar-refractivity contribution is 5.92. The van der Waals surface area contributed by atoms with Crippen LogP contribution in [0.4, 0.5) is 4.79 Å². The summed E-state index contributed by atoms with van der Waals surface area (Å²) < 4.78 is 5.40. The number of aryl methyl sites for hydroxylation is 1. The van der Waals surface area contributed by atoms with Gasteiger partial charge in [0.25, 0.3) is 0 Å². The van der Waals surface area contributed by atoms with Crippen LogP contribution in [0.3, 0.4) is 0 Å². The Morgan fingerprint density at radius 3 is 2.32 bits per heavy atom. The first-order valence-corrected chi connectivity index (χ1v) is 12.8. The van der Waals surface area contributed by atoms with Crippen LogP contribution in [0.25, 0.3) is 0 Å². The topological polar surface area (TPSA) is 108 Å². The van der Waals surface area contributed by atoms with Crippen molar-refractivity contribution >= 4 is 17.9 Å². The van der Waals surface area contributed by atoms with E-state index in [0.29, 0.717) is 17.7 Å². The van der Waals surface area contributed by atoms with Crippen molar-refractivity contribution < 1.29 is 24.2 Å². The van der Waals surface area contributed by atoms with Gasteiger partial charge in [-0.1, -0.05) is 68.3 Å². The summed E-state index contributed by atoms with van der Waals surface area (Å²) in [7, 11) is 1.51. The molecule has 0 aliphatic heterocycles. The molecule has 202 valence electrons. The number of alkyl carbamates (subject to hydrolysis) is 1. The van der Waals surface area contributed by atoms with E-state index in [4.69, 9.17) is 4.74 Å². The van der Waals surface area contributed by atoms with Crippen molar-refractivity contribution in [3.8, 4) is 5.75 Å². The minimum absolute atomic E-state index is 0.0458. The number of nitrogens with zero attached hydrogens (tertiary/aromatic N) is 1. The molecule has 8 nitrogen and oxygen atoms in total. The van der Waals surface area contributed by atoms with E-state index < -0.39 is 35.6 Å². The van der Waals surface area contributed by atoms with Gasteiger partial charge in [-0.05, 0) is 45.2 Å². The maximum absolute atomic E-state index is 13.8. The number of amides is 3. The number of carbonyl (C=O) groups is 3. The zero-order valence-electron chi connectivity index (χ0n) is 22.8. The summed E-state index contributed by atoms with van der Waals surface area (Å²) in [6, 6.07) is 12.3. The van der Waals surface area contributed by atoms with Gasteiger partial charge in [0, 0.05) is 25.6 Å². The highest BCUT2D eigenvalue weighted by atomic mass is 16.6. The van der Waals surface area contributed by atoms with Crippen LogP contribution in [0, 0.1) is 6.92 Å². The van der Waals surface area contributed by atoms with Gasteiger partial charge >= 0.3 is 6.09 Å². The van der Waals surface area contributed by atoms with Crippen LogP contribution in [0.5, 0.6) is 5.75 Å². The Kier molecular flexibility index (Phi) is 11.0. The van der Waals surface area contributed by atoms with Gasteiger partial charge in [0.2, 0.25) is 11.8 Å². The normalized spacial score (nSPS) is 12.8. The van der Waals surface area contributed by atoms with E-state index in [2.05, 4.69) is 17.6 Å². The number of likely N-dealkylation sites (N-methyl/N-ethyl adjacent to an activating group) is 1. The summed E-state index contributed by atoms with van der Waals surface area (Å²) in [5.74, 6) is -0.927. The number of hydrogen-bond donors (Lipinski definition) is 3. The second-order valence-corrected chi connectivity index (χ2v) is 10.3. The summed E-state index contributed by atoms with van der Waals surface area (Å²) in [6.45, 7) is 9.50. The van der Waals surface area contributed by atoms with Crippen LogP contribution in [-0.2, 0) is 20.7 Å². The minimum Gasteiger partial charge on any atom is -0.507 e. The third-order valence-electron chi connectivity index (χ3n) is 5.90. The molecule has 0 bridgehead atoms. The number of para-hydroxylation sites is 1. The summed E-state index contributed by atoms with van der Waals surface area (Å²) in [6.07, 6.45) is 2.26. The Hall–Kier alpha value is -3.55. The molecule has 0 saturated carbocycles. The lowest BCUT2D eigenvalue weighted by atomic mass is 9.98. The Morgan fingerprint density at radius 1 is 1.03 bits per heavy atom. The molecule has 2 unspecified atom stereocenters. The summed E-state index contributed by atoms with van der Waals surface area (Å²) in [5.41, 5.74) is 1.00. The Balaban J connectivity index is 2.40. The van der Waals surface area contributed by atoms with Gasteiger partial charge in [-0.25, -0.2) is 4.79 Å². The minimum atomic E-state index is -1.09. The molecule has 2 aromatic rings. The quantitative estimate of drug-likeness (QED) is 0.381. The van der Waals surface area contributed by atoms with Crippen molar-refractivity contribution in [3.63, 3.8) is 0 Å². The maximum atomic E-state index is 13.8. The molecule has 37 heavy (non-hydrogen) atoms. The van der Waals surface area contributed by atoms with Gasteiger partial charge in [-0.3, -0.25) is 9.59 Å². The SMILES string of the molecule is CCCCCNC(=O)C(c1cccc(C)c1O)N(C)C(=O)C(Cc1ccccc1)NC(=O)OC(C)(C)C. The predicted molar refractivity (Wildman–Crippen MR) is 144 cm³/mol. The average molecular weight is 512 g/mol. The zero-order valence-corrected chi connectivity index (χ0v) is 22.8. The highest BCUT2D eigenvalue weighted by Gasteiger charge is 2.35. The van der Waals surface area contributed by atoms with E-state index in [1.165, 1.54) is 11.9 Å². The Labute approximate surface area is 220 Å². The van der Waals surface area contributed by atoms with Gasteiger partial charge in [0.05, 0.1) is 0 Å². The fourth-order valence-corrected chi connectivity index (χ4v) is 3.98. The van der Waals surface area contributed by atoms with E-state index in [1.54, 1.807) is 45.9 Å². The van der Waals surface area contributed by atoms with Crippen LogP contribution in [-0.4, -0.2) is 53.1 Å². The molecule has 3 N–H and O–H groups in total. The molecular formula is C29H41N3O5. The van der Waals surface area contributed by atoms with E-state index in [0.717, 1.165) is 24.8 Å². The summed E-state index contributed by atoms with van der Waals surface area (Å²) >= 11 is 0. The Bertz CT molecular complexity index is 1050. The fourth-order valence-electron chi connectivity index (χ4n) is 3.98. The molecule has 0 saturated heterocycles. The van der Waals surface area contributed by atoms with Crippen LogP contribution in [0.2, 0.25) is 0 Å². The number of phenols is 1. The van der Waals surface area contributed by atoms with Crippen molar-refractivity contribution in [1.82, 2.24) is 15.5 Å². The Morgan fingerprint density at radius 2 is 1.70 bits per heavy atom. The number of hydrogen-bond acceptors (Lipinski definition) is 5. The number of unbranched alkanes of at least 4 members (excludes halogenated alkanes) is 2. The van der Waals surface area contributed by atoms with Crippen molar-refractivity contribution in [2.24, 2.45) is 0 Å². The van der Waals surface area contributed by atoms with Gasteiger partial charge in [0.1, 0.15) is 23.4 Å². The second-order valence-electron chi connectivity index (χ2n) is 10.3. The van der Waals surface area contributed by atoms with Crippen molar-refractivity contribution in [1.29, 1.82) is 0 Å². The molecule has 0 aliphatic carbocycles. The summed E-state index contributed by atoms with van der Waals surface area (Å²) in [5, 5.41) is 16.4. The van der Waals surface area contributed by atoms with Gasteiger partial charge < -0.3 is 25.4 Å². The molecule has 0 radical (unpaired) electrons. The molecule has 2 rings (SSSR count). The van der Waals surface area contributed by atoms with E-state index in [-0.39, 0.29) is 12.2 Å². The molecule has 0 spiro atoms. The predicted octanol–water partition coefficient (Wildman–Crippen LogP) is 4.64. The van der Waals surface area contributed by atoms with Crippen LogP contribution in [0.1, 0.15) is 69.7 Å². The van der Waals surface area contributed by atoms with E-state index >= 15 is 0 Å². The van der Waals surface area contributed by atoms with Gasteiger partial charge in [-0.15, -0.1) is 0 Å². The standard InChI is InChI=1S/C29H41N3O5/c1-7-8-12-18-30-26(34)24(22-17-13-14-20(2)25(22)33)32(6)27(35)23(19-21-15-10-9-11-16-21)31-28(36)37-29(3,4)5/h9-11,13-17,23-24,33H,7-8,12,18-19H2,1-6H3,(H,30,34)(H,31,36). The first kappa shape index (κ1) is 29.7. The monoisotopic (exact) mass is 511 g/mol. The lowest BCUT2D eigenvalue weighted by molar-refractivity contribution is -0.140. The number of aromatic hydroxyl groups is 1. The highest BCUT2D eigenvalue weighted by Crippen LogP contribution is 2.31. The second kappa shape index (κ2) is 13.7. The lowest BCUT2D eigenvalue weighted by Gasteiger charge is -2.32. The smallest absolute Gasteiger partial charge is 0.408 e. The van der Waals surface area contributed by atoms with Gasteiger partial charge in [-0.2, -0.15) is 0 Å².